The molecule has 0 spiro atoms. The van der Waals surface area contributed by atoms with Crippen molar-refractivity contribution >= 4 is 37.9 Å². The normalized spacial score (nSPS) is 11.2. The Morgan fingerprint density at radius 2 is 1.79 bits per heavy atom. The summed E-state index contributed by atoms with van der Waals surface area (Å²) in [5.41, 5.74) is 3.71. The number of halogens is 1. The van der Waals surface area contributed by atoms with Gasteiger partial charge in [-0.15, -0.1) is 4.83 Å². The topological polar surface area (TPSA) is 110 Å². The number of aryl methyl sites for hydroxylation is 2. The molecule has 0 saturated heterocycles. The van der Waals surface area contributed by atoms with Gasteiger partial charge in [-0.05, 0) is 38.1 Å². The van der Waals surface area contributed by atoms with Gasteiger partial charge in [0.05, 0.1) is 17.6 Å². The Kier molecular flexibility index (Phi) is 5.52. The molecule has 128 valence electrons. The van der Waals surface area contributed by atoms with Gasteiger partial charge in [-0.25, -0.2) is 23.2 Å². The standard InChI is InChI=1S/C14H15BrN4O4S/c1-8-6-9(2)17-14(16-8)18-19-24(21,22)12-5-4-10(15)7-11(12)13(20)23-3/h4-7,19H,1-3H3,(H,16,17,18). The van der Waals surface area contributed by atoms with Crippen LogP contribution in [0.25, 0.3) is 0 Å². The molecule has 1 aromatic heterocycles. The predicted octanol–water partition coefficient (Wildman–Crippen LogP) is 1.95. The number of carbonyl (C=O) groups is 1. The van der Waals surface area contributed by atoms with Gasteiger partial charge >= 0.3 is 5.97 Å². The first-order valence-corrected chi connectivity index (χ1v) is 8.98. The van der Waals surface area contributed by atoms with Gasteiger partial charge in [-0.3, -0.25) is 5.43 Å². The first-order valence-electron chi connectivity index (χ1n) is 6.71. The van der Waals surface area contributed by atoms with Crippen LogP contribution in [-0.4, -0.2) is 31.5 Å². The van der Waals surface area contributed by atoms with Crippen LogP contribution < -0.4 is 10.3 Å². The van der Waals surface area contributed by atoms with Gasteiger partial charge in [-0.2, -0.15) is 0 Å². The third-order valence-corrected chi connectivity index (χ3v) is 4.71. The van der Waals surface area contributed by atoms with E-state index in [4.69, 9.17) is 0 Å². The van der Waals surface area contributed by atoms with Crippen molar-refractivity contribution in [3.63, 3.8) is 0 Å². The Labute approximate surface area is 147 Å². The molecule has 0 bridgehead atoms. The highest BCUT2D eigenvalue weighted by molar-refractivity contribution is 9.10. The number of aromatic nitrogens is 2. The highest BCUT2D eigenvalue weighted by atomic mass is 79.9. The number of sulfonamides is 1. The van der Waals surface area contributed by atoms with E-state index in [9.17, 15) is 13.2 Å². The predicted molar refractivity (Wildman–Crippen MR) is 90.9 cm³/mol. The van der Waals surface area contributed by atoms with Crippen molar-refractivity contribution in [2.24, 2.45) is 0 Å². The summed E-state index contributed by atoms with van der Waals surface area (Å²) in [7, 11) is -2.87. The maximum absolute atomic E-state index is 12.5. The van der Waals surface area contributed by atoms with Crippen molar-refractivity contribution in [1.82, 2.24) is 14.8 Å². The molecule has 24 heavy (non-hydrogen) atoms. The first kappa shape index (κ1) is 18.3. The van der Waals surface area contributed by atoms with Crippen molar-refractivity contribution in [3.05, 3.63) is 45.7 Å². The van der Waals surface area contributed by atoms with E-state index >= 15 is 0 Å². The molecular weight excluding hydrogens is 400 g/mol. The number of benzene rings is 1. The van der Waals surface area contributed by atoms with Crippen molar-refractivity contribution in [1.29, 1.82) is 0 Å². The Bertz CT molecular complexity index is 866. The maximum Gasteiger partial charge on any atom is 0.339 e. The van der Waals surface area contributed by atoms with Crippen molar-refractivity contribution in [3.8, 4) is 0 Å². The number of ether oxygens (including phenoxy) is 1. The molecule has 0 radical (unpaired) electrons. The third kappa shape index (κ3) is 4.28. The van der Waals surface area contributed by atoms with E-state index in [0.717, 1.165) is 0 Å². The number of hydrazine groups is 1. The number of nitrogens with one attached hydrogen (secondary N) is 2. The second kappa shape index (κ2) is 7.24. The number of carbonyl (C=O) groups excluding carboxylic acids is 1. The average Bonchev–Trinajstić information content (AvgIpc) is 2.51. The van der Waals surface area contributed by atoms with Gasteiger partial charge in [0.2, 0.25) is 5.95 Å². The summed E-state index contributed by atoms with van der Waals surface area (Å²) >= 11 is 3.19. The largest absolute Gasteiger partial charge is 0.465 e. The quantitative estimate of drug-likeness (QED) is 0.567. The van der Waals surface area contributed by atoms with Gasteiger partial charge in [0, 0.05) is 15.9 Å². The number of hydrogen-bond donors (Lipinski definition) is 2. The Morgan fingerprint density at radius 3 is 2.38 bits per heavy atom. The molecule has 0 aliphatic heterocycles. The molecule has 2 N–H and O–H groups in total. The fourth-order valence-electron chi connectivity index (χ4n) is 1.96. The van der Waals surface area contributed by atoms with Gasteiger partial charge in [0.25, 0.3) is 10.0 Å². The van der Waals surface area contributed by atoms with E-state index in [0.29, 0.717) is 15.9 Å². The molecule has 0 atom stereocenters. The van der Waals surface area contributed by atoms with E-state index in [1.807, 2.05) is 0 Å². The highest BCUT2D eigenvalue weighted by Gasteiger charge is 2.23. The summed E-state index contributed by atoms with van der Waals surface area (Å²) in [5.74, 6) is -0.660. The smallest absolute Gasteiger partial charge is 0.339 e. The van der Waals surface area contributed by atoms with Crippen molar-refractivity contribution in [2.75, 3.05) is 12.5 Å². The molecule has 0 amide bonds. The monoisotopic (exact) mass is 414 g/mol. The van der Waals surface area contributed by atoms with Crippen molar-refractivity contribution in [2.45, 2.75) is 18.7 Å². The van der Waals surface area contributed by atoms with Crippen LogP contribution in [-0.2, 0) is 14.8 Å². The first-order chi connectivity index (χ1) is 11.2. The Balaban J connectivity index is 2.32. The number of nitrogens with zero attached hydrogens (tertiary/aromatic N) is 2. The number of rotatable bonds is 5. The van der Waals surface area contributed by atoms with Crippen LogP contribution in [0.2, 0.25) is 0 Å². The minimum atomic E-state index is -4.05. The minimum absolute atomic E-state index is 0.0949. The Morgan fingerprint density at radius 1 is 1.17 bits per heavy atom. The minimum Gasteiger partial charge on any atom is -0.465 e. The van der Waals surface area contributed by atoms with Gasteiger partial charge in [0.15, 0.2) is 0 Å². The molecule has 0 unspecified atom stereocenters. The lowest BCUT2D eigenvalue weighted by Crippen LogP contribution is -2.32. The highest BCUT2D eigenvalue weighted by Crippen LogP contribution is 2.21. The van der Waals surface area contributed by atoms with E-state index in [2.05, 4.69) is 40.9 Å². The van der Waals surface area contributed by atoms with Crippen LogP contribution in [0.4, 0.5) is 5.95 Å². The number of hydrogen-bond acceptors (Lipinski definition) is 7. The molecule has 1 aromatic carbocycles. The molecule has 2 rings (SSSR count). The number of methoxy groups -OCH3 is 1. The molecule has 0 aliphatic rings. The molecular formula is C14H15BrN4O4S. The summed E-state index contributed by atoms with van der Waals surface area (Å²) < 4.78 is 30.1. The summed E-state index contributed by atoms with van der Waals surface area (Å²) in [6.07, 6.45) is 0. The van der Waals surface area contributed by atoms with E-state index in [-0.39, 0.29) is 16.4 Å². The molecule has 0 aliphatic carbocycles. The molecule has 0 saturated carbocycles. The third-order valence-electron chi connectivity index (χ3n) is 2.92. The van der Waals surface area contributed by atoms with Gasteiger partial charge in [0.1, 0.15) is 0 Å². The number of esters is 1. The summed E-state index contributed by atoms with van der Waals surface area (Å²) in [5, 5.41) is 0. The summed E-state index contributed by atoms with van der Waals surface area (Å²) in [6, 6.07) is 5.93. The van der Waals surface area contributed by atoms with E-state index < -0.39 is 16.0 Å². The lowest BCUT2D eigenvalue weighted by molar-refractivity contribution is 0.0596. The van der Waals surface area contributed by atoms with Crippen LogP contribution in [0.1, 0.15) is 21.7 Å². The fraction of sp³-hybridized carbons (Fsp3) is 0.214. The lowest BCUT2D eigenvalue weighted by Gasteiger charge is -2.12. The second-order valence-electron chi connectivity index (χ2n) is 4.84. The Hall–Kier alpha value is -2.04. The van der Waals surface area contributed by atoms with E-state index in [1.54, 1.807) is 19.9 Å². The SMILES string of the molecule is COC(=O)c1cc(Br)ccc1S(=O)(=O)NNc1nc(C)cc(C)n1. The van der Waals surface area contributed by atoms with Crippen LogP contribution in [0, 0.1) is 13.8 Å². The van der Waals surface area contributed by atoms with Crippen LogP contribution >= 0.6 is 15.9 Å². The zero-order valence-electron chi connectivity index (χ0n) is 13.1. The van der Waals surface area contributed by atoms with Gasteiger partial charge in [-0.1, -0.05) is 15.9 Å². The zero-order valence-corrected chi connectivity index (χ0v) is 15.5. The molecule has 2 aromatic rings. The van der Waals surface area contributed by atoms with E-state index in [1.165, 1.54) is 25.3 Å². The van der Waals surface area contributed by atoms with Crippen LogP contribution in [0.5, 0.6) is 0 Å². The fourth-order valence-corrected chi connectivity index (χ4v) is 3.33. The molecule has 1 heterocycles. The lowest BCUT2D eigenvalue weighted by atomic mass is 10.2. The van der Waals surface area contributed by atoms with Crippen LogP contribution in [0.15, 0.2) is 33.6 Å². The van der Waals surface area contributed by atoms with Crippen LogP contribution in [0.3, 0.4) is 0 Å². The second-order valence-corrected chi connectivity index (χ2v) is 7.40. The molecule has 10 heteroatoms. The average molecular weight is 415 g/mol. The summed E-state index contributed by atoms with van der Waals surface area (Å²) in [6.45, 7) is 3.52. The number of anilines is 1. The molecule has 0 fully saturated rings. The maximum atomic E-state index is 12.5. The summed E-state index contributed by atoms with van der Waals surface area (Å²) in [4.78, 5) is 21.9. The van der Waals surface area contributed by atoms with Crippen molar-refractivity contribution < 1.29 is 17.9 Å². The molecule has 8 nitrogen and oxygen atoms in total. The van der Waals surface area contributed by atoms with Gasteiger partial charge < -0.3 is 4.74 Å². The zero-order chi connectivity index (χ0) is 17.9.